The summed E-state index contributed by atoms with van der Waals surface area (Å²) in [6.45, 7) is 14.2. The molecular formula is C16H29BrN4. The van der Waals surface area contributed by atoms with Gasteiger partial charge in [-0.1, -0.05) is 20.8 Å². The summed E-state index contributed by atoms with van der Waals surface area (Å²) in [5.41, 5.74) is 2.80. The third-order valence-electron chi connectivity index (χ3n) is 5.03. The van der Waals surface area contributed by atoms with Crippen LogP contribution in [0.15, 0.2) is 4.47 Å². The minimum absolute atomic E-state index is 0.285. The summed E-state index contributed by atoms with van der Waals surface area (Å²) in [6.07, 6.45) is 3.36. The van der Waals surface area contributed by atoms with Gasteiger partial charge in [0.1, 0.15) is 0 Å². The maximum atomic E-state index is 4.74. The Morgan fingerprint density at radius 1 is 1.24 bits per heavy atom. The summed E-state index contributed by atoms with van der Waals surface area (Å²) in [4.78, 5) is 2.66. The zero-order valence-corrected chi connectivity index (χ0v) is 15.5. The molecule has 2 rings (SSSR count). The first-order chi connectivity index (χ1) is 10.1. The molecule has 0 bridgehead atoms. The van der Waals surface area contributed by atoms with E-state index >= 15 is 0 Å². The van der Waals surface area contributed by atoms with E-state index < -0.39 is 0 Å². The van der Waals surface area contributed by atoms with Crippen molar-refractivity contribution in [2.75, 3.05) is 19.6 Å². The fourth-order valence-corrected chi connectivity index (χ4v) is 4.12. The molecule has 0 saturated carbocycles. The van der Waals surface area contributed by atoms with E-state index in [2.05, 4.69) is 58.5 Å². The molecule has 1 aromatic heterocycles. The molecule has 0 spiro atoms. The predicted octanol–water partition coefficient (Wildman–Crippen LogP) is 3.19. The fraction of sp³-hybridized carbons (Fsp3) is 0.812. The van der Waals surface area contributed by atoms with Crippen molar-refractivity contribution in [3.8, 4) is 0 Å². The highest BCUT2D eigenvalue weighted by Gasteiger charge is 2.36. The van der Waals surface area contributed by atoms with Crippen LogP contribution in [0.1, 0.15) is 51.9 Å². The van der Waals surface area contributed by atoms with Gasteiger partial charge in [-0.05, 0) is 42.1 Å². The molecule has 0 amide bonds. The van der Waals surface area contributed by atoms with Crippen molar-refractivity contribution in [3.05, 3.63) is 15.9 Å². The lowest BCUT2D eigenvalue weighted by Crippen LogP contribution is -2.60. The van der Waals surface area contributed by atoms with E-state index in [9.17, 15) is 0 Å². The zero-order valence-electron chi connectivity index (χ0n) is 13.9. The standard InChI is InChI=1S/C16H29BrN4/c1-5-13-15(17)14(21(8-4)19-13)11-20-10-9-18-12-16(20,6-2)7-3/h18H,5-12H2,1-4H3. The first kappa shape index (κ1) is 17.0. The van der Waals surface area contributed by atoms with Crippen LogP contribution in [-0.4, -0.2) is 39.9 Å². The molecule has 0 aromatic carbocycles. The van der Waals surface area contributed by atoms with Crippen LogP contribution in [0.4, 0.5) is 0 Å². The highest BCUT2D eigenvalue weighted by Crippen LogP contribution is 2.30. The Bertz CT molecular complexity index is 465. The zero-order chi connectivity index (χ0) is 15.5. The topological polar surface area (TPSA) is 33.1 Å². The number of aromatic nitrogens is 2. The van der Waals surface area contributed by atoms with E-state index in [0.717, 1.165) is 39.1 Å². The molecule has 21 heavy (non-hydrogen) atoms. The van der Waals surface area contributed by atoms with E-state index in [1.165, 1.54) is 28.7 Å². The summed E-state index contributed by atoms with van der Waals surface area (Å²) in [5.74, 6) is 0. The third-order valence-corrected chi connectivity index (χ3v) is 5.95. The van der Waals surface area contributed by atoms with Gasteiger partial charge in [-0.15, -0.1) is 0 Å². The van der Waals surface area contributed by atoms with Crippen molar-refractivity contribution in [2.45, 2.75) is 65.6 Å². The van der Waals surface area contributed by atoms with Crippen LogP contribution < -0.4 is 5.32 Å². The van der Waals surface area contributed by atoms with Crippen LogP contribution in [0.25, 0.3) is 0 Å². The molecule has 120 valence electrons. The highest BCUT2D eigenvalue weighted by molar-refractivity contribution is 9.10. The first-order valence-corrected chi connectivity index (χ1v) is 9.10. The van der Waals surface area contributed by atoms with Crippen molar-refractivity contribution in [2.24, 2.45) is 0 Å². The molecule has 1 fully saturated rings. The van der Waals surface area contributed by atoms with E-state index in [0.29, 0.717) is 0 Å². The van der Waals surface area contributed by atoms with Gasteiger partial charge in [0.25, 0.3) is 0 Å². The second kappa shape index (κ2) is 7.25. The molecule has 4 nitrogen and oxygen atoms in total. The third kappa shape index (κ3) is 3.20. The number of nitrogens with zero attached hydrogens (tertiary/aromatic N) is 3. The average molecular weight is 357 g/mol. The number of halogens is 1. The van der Waals surface area contributed by atoms with Gasteiger partial charge in [0.05, 0.1) is 15.9 Å². The molecule has 0 radical (unpaired) electrons. The van der Waals surface area contributed by atoms with Gasteiger partial charge in [-0.3, -0.25) is 9.58 Å². The Morgan fingerprint density at radius 3 is 2.52 bits per heavy atom. The summed E-state index contributed by atoms with van der Waals surface area (Å²) < 4.78 is 3.38. The van der Waals surface area contributed by atoms with Gasteiger partial charge in [-0.2, -0.15) is 5.10 Å². The van der Waals surface area contributed by atoms with Crippen molar-refractivity contribution < 1.29 is 0 Å². The first-order valence-electron chi connectivity index (χ1n) is 8.31. The van der Waals surface area contributed by atoms with Crippen LogP contribution >= 0.6 is 15.9 Å². The van der Waals surface area contributed by atoms with E-state index in [1.807, 2.05) is 0 Å². The maximum absolute atomic E-state index is 4.74. The van der Waals surface area contributed by atoms with Gasteiger partial charge in [0, 0.05) is 38.3 Å². The normalized spacial score (nSPS) is 19.1. The van der Waals surface area contributed by atoms with Crippen molar-refractivity contribution in [1.82, 2.24) is 20.0 Å². The molecule has 0 atom stereocenters. The minimum atomic E-state index is 0.285. The van der Waals surface area contributed by atoms with E-state index in [4.69, 9.17) is 5.10 Å². The maximum Gasteiger partial charge on any atom is 0.0767 e. The number of hydrogen-bond acceptors (Lipinski definition) is 3. The van der Waals surface area contributed by atoms with Crippen LogP contribution in [-0.2, 0) is 19.5 Å². The average Bonchev–Trinajstić information content (AvgIpc) is 2.84. The smallest absolute Gasteiger partial charge is 0.0767 e. The molecule has 5 heteroatoms. The molecule has 1 saturated heterocycles. The van der Waals surface area contributed by atoms with E-state index in [-0.39, 0.29) is 5.54 Å². The molecule has 2 heterocycles. The molecule has 1 N–H and O–H groups in total. The van der Waals surface area contributed by atoms with Crippen molar-refractivity contribution in [3.63, 3.8) is 0 Å². The molecule has 1 aliphatic rings. The molecular weight excluding hydrogens is 328 g/mol. The summed E-state index contributed by atoms with van der Waals surface area (Å²) in [7, 11) is 0. The van der Waals surface area contributed by atoms with Crippen LogP contribution in [0.5, 0.6) is 0 Å². The lowest BCUT2D eigenvalue weighted by molar-refractivity contribution is 0.0422. The van der Waals surface area contributed by atoms with Crippen molar-refractivity contribution in [1.29, 1.82) is 0 Å². The molecule has 1 aliphatic heterocycles. The molecule has 0 aliphatic carbocycles. The Hall–Kier alpha value is -0.390. The minimum Gasteiger partial charge on any atom is -0.314 e. The number of piperazine rings is 1. The number of aryl methyl sites for hydroxylation is 2. The van der Waals surface area contributed by atoms with Gasteiger partial charge < -0.3 is 5.32 Å². The van der Waals surface area contributed by atoms with Crippen LogP contribution in [0, 0.1) is 0 Å². The number of nitrogens with one attached hydrogen (secondary N) is 1. The quantitative estimate of drug-likeness (QED) is 0.849. The van der Waals surface area contributed by atoms with Gasteiger partial charge in [0.15, 0.2) is 0 Å². The Labute approximate surface area is 137 Å². The summed E-state index contributed by atoms with van der Waals surface area (Å²) in [6, 6.07) is 0. The summed E-state index contributed by atoms with van der Waals surface area (Å²) >= 11 is 3.79. The second-order valence-electron chi connectivity index (χ2n) is 5.91. The second-order valence-corrected chi connectivity index (χ2v) is 6.70. The van der Waals surface area contributed by atoms with E-state index in [1.54, 1.807) is 0 Å². The number of rotatable bonds is 6. The van der Waals surface area contributed by atoms with Crippen LogP contribution in [0.3, 0.4) is 0 Å². The fourth-order valence-electron chi connectivity index (χ4n) is 3.43. The Balaban J connectivity index is 2.29. The largest absolute Gasteiger partial charge is 0.314 e. The predicted molar refractivity (Wildman–Crippen MR) is 91.6 cm³/mol. The van der Waals surface area contributed by atoms with Crippen molar-refractivity contribution >= 4 is 15.9 Å². The number of hydrogen-bond donors (Lipinski definition) is 1. The molecule has 0 unspecified atom stereocenters. The Morgan fingerprint density at radius 2 is 1.95 bits per heavy atom. The van der Waals surface area contributed by atoms with Gasteiger partial charge in [0.2, 0.25) is 0 Å². The monoisotopic (exact) mass is 356 g/mol. The van der Waals surface area contributed by atoms with Gasteiger partial charge >= 0.3 is 0 Å². The highest BCUT2D eigenvalue weighted by atomic mass is 79.9. The lowest BCUT2D eigenvalue weighted by atomic mass is 9.88. The lowest BCUT2D eigenvalue weighted by Gasteiger charge is -2.47. The van der Waals surface area contributed by atoms with Gasteiger partial charge in [-0.25, -0.2) is 0 Å². The Kier molecular flexibility index (Phi) is 5.86. The summed E-state index contributed by atoms with van der Waals surface area (Å²) in [5, 5.41) is 8.32. The van der Waals surface area contributed by atoms with Crippen LogP contribution in [0.2, 0.25) is 0 Å². The molecule has 1 aromatic rings. The SMILES string of the molecule is CCc1nn(CC)c(CN2CCNCC2(CC)CC)c1Br.